The summed E-state index contributed by atoms with van der Waals surface area (Å²) in [6.45, 7) is 1.16. The van der Waals surface area contributed by atoms with Crippen LogP contribution in [0.25, 0.3) is 0 Å². The van der Waals surface area contributed by atoms with E-state index in [2.05, 4.69) is 0 Å². The number of rotatable bonds is 6. The summed E-state index contributed by atoms with van der Waals surface area (Å²) >= 11 is 0. The number of carbonyl (C=O) groups excluding carboxylic acids is 2. The Hall–Kier alpha value is -0.740. The van der Waals surface area contributed by atoms with Crippen LogP contribution in [0, 0.1) is 0 Å². The van der Waals surface area contributed by atoms with E-state index < -0.39 is 6.10 Å². The van der Waals surface area contributed by atoms with Gasteiger partial charge in [0, 0.05) is 25.9 Å². The second-order valence-electron chi connectivity index (χ2n) is 2.78. The molecular formula is C8H14O4. The van der Waals surface area contributed by atoms with Gasteiger partial charge < -0.3 is 10.2 Å². The van der Waals surface area contributed by atoms with Crippen LogP contribution in [0.3, 0.4) is 0 Å². The van der Waals surface area contributed by atoms with Crippen molar-refractivity contribution in [1.82, 2.24) is 0 Å². The van der Waals surface area contributed by atoms with Crippen LogP contribution in [-0.2, 0) is 9.59 Å². The van der Waals surface area contributed by atoms with E-state index in [1.165, 1.54) is 6.92 Å². The van der Waals surface area contributed by atoms with Crippen LogP contribution in [0.1, 0.15) is 26.2 Å². The average molecular weight is 174 g/mol. The SMILES string of the molecule is CC(=O)CC(O)CC(=O)CCO. The molecule has 0 aliphatic rings. The Morgan fingerprint density at radius 3 is 2.33 bits per heavy atom. The monoisotopic (exact) mass is 174 g/mol. The van der Waals surface area contributed by atoms with E-state index >= 15 is 0 Å². The number of aliphatic hydroxyl groups excluding tert-OH is 2. The maximum Gasteiger partial charge on any atom is 0.137 e. The third-order valence-electron chi connectivity index (χ3n) is 1.38. The van der Waals surface area contributed by atoms with Gasteiger partial charge in [0.15, 0.2) is 0 Å². The van der Waals surface area contributed by atoms with Gasteiger partial charge in [-0.3, -0.25) is 9.59 Å². The number of hydrogen-bond donors (Lipinski definition) is 2. The van der Waals surface area contributed by atoms with Gasteiger partial charge in [-0.05, 0) is 6.92 Å². The summed E-state index contributed by atoms with van der Waals surface area (Å²) in [5, 5.41) is 17.5. The highest BCUT2D eigenvalue weighted by Crippen LogP contribution is 2.01. The molecule has 0 saturated carbocycles. The fourth-order valence-electron chi connectivity index (χ4n) is 0.894. The second kappa shape index (κ2) is 5.85. The highest BCUT2D eigenvalue weighted by molar-refractivity contribution is 5.81. The summed E-state index contributed by atoms with van der Waals surface area (Å²) in [5.41, 5.74) is 0. The molecule has 4 heteroatoms. The molecule has 0 aromatic carbocycles. The minimum atomic E-state index is -0.887. The van der Waals surface area contributed by atoms with Crippen molar-refractivity contribution in [2.24, 2.45) is 0 Å². The van der Waals surface area contributed by atoms with Crippen molar-refractivity contribution in [1.29, 1.82) is 0 Å². The molecule has 4 nitrogen and oxygen atoms in total. The molecule has 2 N–H and O–H groups in total. The molecule has 1 atom stereocenters. The van der Waals surface area contributed by atoms with Crippen LogP contribution < -0.4 is 0 Å². The molecule has 0 radical (unpaired) electrons. The summed E-state index contributed by atoms with van der Waals surface area (Å²) in [4.78, 5) is 21.3. The summed E-state index contributed by atoms with van der Waals surface area (Å²) in [7, 11) is 0. The minimum absolute atomic E-state index is 0.0111. The summed E-state index contributed by atoms with van der Waals surface area (Å²) in [6.07, 6.45) is -0.867. The fraction of sp³-hybridized carbons (Fsp3) is 0.750. The van der Waals surface area contributed by atoms with Crippen molar-refractivity contribution in [3.63, 3.8) is 0 Å². The third-order valence-corrected chi connectivity index (χ3v) is 1.38. The normalized spacial score (nSPS) is 12.6. The molecule has 0 aromatic heterocycles. The van der Waals surface area contributed by atoms with Crippen molar-refractivity contribution in [3.8, 4) is 0 Å². The Bertz CT molecular complexity index is 164. The summed E-state index contributed by atoms with van der Waals surface area (Å²) in [6, 6.07) is 0. The molecule has 0 rings (SSSR count). The Morgan fingerprint density at radius 1 is 1.33 bits per heavy atom. The van der Waals surface area contributed by atoms with Crippen LogP contribution in [-0.4, -0.2) is 34.5 Å². The van der Waals surface area contributed by atoms with Crippen LogP contribution in [0.15, 0.2) is 0 Å². The maximum atomic E-state index is 10.8. The summed E-state index contributed by atoms with van der Waals surface area (Å²) < 4.78 is 0. The van der Waals surface area contributed by atoms with E-state index in [9.17, 15) is 9.59 Å². The van der Waals surface area contributed by atoms with Gasteiger partial charge in [0.1, 0.15) is 11.6 Å². The molecule has 0 bridgehead atoms. The number of aliphatic hydroxyl groups is 2. The highest BCUT2D eigenvalue weighted by Gasteiger charge is 2.11. The third kappa shape index (κ3) is 6.00. The molecule has 0 saturated heterocycles. The molecule has 0 amide bonds. The van der Waals surface area contributed by atoms with E-state index in [1.54, 1.807) is 0 Å². The van der Waals surface area contributed by atoms with Crippen molar-refractivity contribution in [2.75, 3.05) is 6.61 Å². The first-order valence-electron chi connectivity index (χ1n) is 3.86. The van der Waals surface area contributed by atoms with E-state index in [0.717, 1.165) is 0 Å². The molecule has 0 spiro atoms. The molecule has 0 heterocycles. The Kier molecular flexibility index (Phi) is 5.49. The van der Waals surface area contributed by atoms with Crippen LogP contribution in [0.2, 0.25) is 0 Å². The lowest BCUT2D eigenvalue weighted by atomic mass is 10.1. The van der Waals surface area contributed by atoms with E-state index in [-0.39, 0.29) is 37.4 Å². The van der Waals surface area contributed by atoms with Crippen LogP contribution in [0.5, 0.6) is 0 Å². The summed E-state index contributed by atoms with van der Waals surface area (Å²) in [5.74, 6) is -0.356. The number of Topliss-reactive ketones (excluding diaryl/α,β-unsaturated/α-hetero) is 2. The van der Waals surface area contributed by atoms with Gasteiger partial charge in [-0.15, -0.1) is 0 Å². The minimum Gasteiger partial charge on any atom is -0.396 e. The molecule has 0 fully saturated rings. The molecule has 0 aliphatic heterocycles. The van der Waals surface area contributed by atoms with E-state index in [0.29, 0.717) is 0 Å². The zero-order chi connectivity index (χ0) is 9.56. The first-order chi connectivity index (χ1) is 5.56. The topological polar surface area (TPSA) is 74.6 Å². The van der Waals surface area contributed by atoms with Gasteiger partial charge in [-0.25, -0.2) is 0 Å². The molecular weight excluding hydrogens is 160 g/mol. The molecule has 0 aliphatic carbocycles. The first kappa shape index (κ1) is 11.3. The van der Waals surface area contributed by atoms with Gasteiger partial charge in [-0.1, -0.05) is 0 Å². The Balaban J connectivity index is 3.61. The predicted octanol–water partition coefficient (Wildman–Crippen LogP) is -0.332. The van der Waals surface area contributed by atoms with Crippen LogP contribution >= 0.6 is 0 Å². The van der Waals surface area contributed by atoms with Crippen molar-refractivity contribution in [2.45, 2.75) is 32.3 Å². The van der Waals surface area contributed by atoms with Crippen LogP contribution in [0.4, 0.5) is 0 Å². The average Bonchev–Trinajstić information content (AvgIpc) is 1.84. The Labute approximate surface area is 71.2 Å². The maximum absolute atomic E-state index is 10.8. The lowest BCUT2D eigenvalue weighted by Gasteiger charge is -2.05. The zero-order valence-corrected chi connectivity index (χ0v) is 7.12. The number of carbonyl (C=O) groups is 2. The van der Waals surface area contributed by atoms with Crippen molar-refractivity contribution >= 4 is 11.6 Å². The Morgan fingerprint density at radius 2 is 1.92 bits per heavy atom. The van der Waals surface area contributed by atoms with Crippen molar-refractivity contribution in [3.05, 3.63) is 0 Å². The van der Waals surface area contributed by atoms with Gasteiger partial charge in [0.05, 0.1) is 6.10 Å². The largest absolute Gasteiger partial charge is 0.396 e. The standard InChI is InChI=1S/C8H14O4/c1-6(10)4-8(12)5-7(11)2-3-9/h8-9,12H,2-5H2,1H3. The molecule has 12 heavy (non-hydrogen) atoms. The first-order valence-corrected chi connectivity index (χ1v) is 3.86. The van der Waals surface area contributed by atoms with E-state index in [4.69, 9.17) is 10.2 Å². The number of ketones is 2. The quantitative estimate of drug-likeness (QED) is 0.578. The highest BCUT2D eigenvalue weighted by atomic mass is 16.3. The lowest BCUT2D eigenvalue weighted by molar-refractivity contribution is -0.123. The fourth-order valence-corrected chi connectivity index (χ4v) is 0.894. The zero-order valence-electron chi connectivity index (χ0n) is 7.12. The van der Waals surface area contributed by atoms with Gasteiger partial charge >= 0.3 is 0 Å². The number of hydrogen-bond acceptors (Lipinski definition) is 4. The lowest BCUT2D eigenvalue weighted by Crippen LogP contribution is -2.16. The van der Waals surface area contributed by atoms with E-state index in [1.807, 2.05) is 0 Å². The molecule has 70 valence electrons. The second-order valence-corrected chi connectivity index (χ2v) is 2.78. The van der Waals surface area contributed by atoms with Gasteiger partial charge in [0.25, 0.3) is 0 Å². The smallest absolute Gasteiger partial charge is 0.137 e. The predicted molar refractivity (Wildman–Crippen MR) is 42.6 cm³/mol. The van der Waals surface area contributed by atoms with Gasteiger partial charge in [-0.2, -0.15) is 0 Å². The molecule has 0 aromatic rings. The van der Waals surface area contributed by atoms with Crippen molar-refractivity contribution < 1.29 is 19.8 Å². The molecule has 1 unspecified atom stereocenters. The van der Waals surface area contributed by atoms with Gasteiger partial charge in [0.2, 0.25) is 0 Å².